The molecule has 1 aliphatic heterocycles. The molecule has 1 unspecified atom stereocenters. The fraction of sp³-hybridized carbons (Fsp3) is 0.417. The number of rotatable bonds is 9. The highest BCUT2D eigenvalue weighted by Crippen LogP contribution is 2.22. The highest BCUT2D eigenvalue weighted by atomic mass is 16.5. The molecule has 0 saturated carbocycles. The fourth-order valence-electron chi connectivity index (χ4n) is 3.88. The first-order valence-corrected chi connectivity index (χ1v) is 10.6. The molecule has 0 bridgehead atoms. The first-order valence-electron chi connectivity index (χ1n) is 10.6. The van der Waals surface area contributed by atoms with Gasteiger partial charge in [0.2, 0.25) is 5.89 Å². The molecule has 2 aromatic carbocycles. The minimum atomic E-state index is 0.491. The number of aryl methyl sites for hydroxylation is 2. The lowest BCUT2D eigenvalue weighted by molar-refractivity contribution is 0.115. The number of ether oxygens (including phenoxy) is 2. The topological polar surface area (TPSA) is 60.6 Å². The van der Waals surface area contributed by atoms with Crippen molar-refractivity contribution in [2.24, 2.45) is 5.92 Å². The van der Waals surface area contributed by atoms with Gasteiger partial charge in [-0.3, -0.25) is 4.90 Å². The molecule has 4 rings (SSSR count). The van der Waals surface area contributed by atoms with E-state index in [0.29, 0.717) is 25.0 Å². The molecule has 3 aromatic rings. The van der Waals surface area contributed by atoms with Gasteiger partial charge in [0.25, 0.3) is 0 Å². The second kappa shape index (κ2) is 10.3. The van der Waals surface area contributed by atoms with E-state index in [4.69, 9.17) is 14.0 Å². The van der Waals surface area contributed by atoms with Gasteiger partial charge in [-0.05, 0) is 43.5 Å². The largest absolute Gasteiger partial charge is 0.497 e. The summed E-state index contributed by atoms with van der Waals surface area (Å²) in [6.45, 7) is 3.44. The molecular formula is C24H29N3O3. The summed E-state index contributed by atoms with van der Waals surface area (Å²) < 4.78 is 16.8. The number of hydrogen-bond donors (Lipinski definition) is 0. The lowest BCUT2D eigenvalue weighted by Crippen LogP contribution is -2.37. The van der Waals surface area contributed by atoms with E-state index in [1.54, 1.807) is 7.11 Å². The van der Waals surface area contributed by atoms with Crippen LogP contribution >= 0.6 is 0 Å². The summed E-state index contributed by atoms with van der Waals surface area (Å²) in [6, 6.07) is 18.2. The van der Waals surface area contributed by atoms with Crippen LogP contribution in [-0.2, 0) is 19.4 Å². The Morgan fingerprint density at radius 2 is 1.93 bits per heavy atom. The molecular weight excluding hydrogens is 378 g/mol. The second-order valence-corrected chi connectivity index (χ2v) is 7.82. The first-order chi connectivity index (χ1) is 14.8. The van der Waals surface area contributed by atoms with Crippen LogP contribution in [0.5, 0.6) is 11.5 Å². The van der Waals surface area contributed by atoms with Crippen molar-refractivity contribution in [2.75, 3.05) is 26.8 Å². The van der Waals surface area contributed by atoms with Gasteiger partial charge in [0.1, 0.15) is 11.5 Å². The lowest BCUT2D eigenvalue weighted by Gasteiger charge is -2.31. The summed E-state index contributed by atoms with van der Waals surface area (Å²) in [6.07, 6.45) is 4.05. The van der Waals surface area contributed by atoms with Gasteiger partial charge >= 0.3 is 0 Å². The molecule has 1 aliphatic rings. The van der Waals surface area contributed by atoms with E-state index in [1.165, 1.54) is 12.0 Å². The molecule has 1 aromatic heterocycles. The zero-order chi connectivity index (χ0) is 20.6. The summed E-state index contributed by atoms with van der Waals surface area (Å²) in [5.74, 6) is 3.64. The first kappa shape index (κ1) is 20.4. The average Bonchev–Trinajstić information content (AvgIpc) is 3.24. The van der Waals surface area contributed by atoms with Gasteiger partial charge in [0, 0.05) is 24.9 Å². The van der Waals surface area contributed by atoms with E-state index in [1.807, 2.05) is 30.3 Å². The van der Waals surface area contributed by atoms with E-state index >= 15 is 0 Å². The Morgan fingerprint density at radius 3 is 2.80 bits per heavy atom. The number of benzene rings is 2. The van der Waals surface area contributed by atoms with Gasteiger partial charge in [-0.1, -0.05) is 41.6 Å². The molecule has 1 saturated heterocycles. The maximum atomic E-state index is 6.01. The van der Waals surface area contributed by atoms with Crippen LogP contribution in [0.25, 0.3) is 0 Å². The minimum absolute atomic E-state index is 0.491. The number of nitrogens with zero attached hydrogens (tertiary/aromatic N) is 3. The van der Waals surface area contributed by atoms with E-state index in [9.17, 15) is 0 Å². The van der Waals surface area contributed by atoms with Gasteiger partial charge in [-0.25, -0.2) is 0 Å². The van der Waals surface area contributed by atoms with Crippen molar-refractivity contribution in [3.05, 3.63) is 71.9 Å². The van der Waals surface area contributed by atoms with Crippen molar-refractivity contribution in [3.8, 4) is 11.5 Å². The Morgan fingerprint density at radius 1 is 1.07 bits per heavy atom. The molecule has 0 amide bonds. The van der Waals surface area contributed by atoms with Crippen molar-refractivity contribution in [1.29, 1.82) is 0 Å². The third-order valence-electron chi connectivity index (χ3n) is 5.48. The lowest BCUT2D eigenvalue weighted by atomic mass is 9.99. The van der Waals surface area contributed by atoms with Gasteiger partial charge in [0.05, 0.1) is 20.3 Å². The predicted octanol–water partition coefficient (Wildman–Crippen LogP) is 4.15. The van der Waals surface area contributed by atoms with Crippen LogP contribution in [-0.4, -0.2) is 41.8 Å². The molecule has 0 radical (unpaired) electrons. The highest BCUT2D eigenvalue weighted by molar-refractivity contribution is 5.32. The monoisotopic (exact) mass is 407 g/mol. The Balaban J connectivity index is 1.24. The number of hydrogen-bond acceptors (Lipinski definition) is 6. The average molecular weight is 408 g/mol. The summed E-state index contributed by atoms with van der Waals surface area (Å²) in [7, 11) is 1.67. The van der Waals surface area contributed by atoms with Crippen LogP contribution in [0.15, 0.2) is 59.1 Å². The van der Waals surface area contributed by atoms with E-state index in [2.05, 4.69) is 39.3 Å². The standard InChI is InChI=1S/C24H29N3O3/c1-28-21-10-5-11-22(15-21)29-18-20-9-6-14-27(16-20)17-24-25-23(26-30-24)13-12-19-7-3-2-4-8-19/h2-5,7-8,10-11,15,20H,6,9,12-14,16-18H2,1H3. The van der Waals surface area contributed by atoms with Crippen molar-refractivity contribution in [3.63, 3.8) is 0 Å². The molecule has 6 heteroatoms. The minimum Gasteiger partial charge on any atom is -0.497 e. The van der Waals surface area contributed by atoms with Crippen molar-refractivity contribution < 1.29 is 14.0 Å². The maximum Gasteiger partial charge on any atom is 0.240 e. The number of piperidine rings is 1. The third kappa shape index (κ3) is 5.83. The van der Waals surface area contributed by atoms with Crippen LogP contribution in [0, 0.1) is 5.92 Å². The van der Waals surface area contributed by atoms with E-state index in [-0.39, 0.29) is 0 Å². The molecule has 6 nitrogen and oxygen atoms in total. The van der Waals surface area contributed by atoms with Crippen LogP contribution in [0.1, 0.15) is 30.1 Å². The third-order valence-corrected chi connectivity index (χ3v) is 5.48. The van der Waals surface area contributed by atoms with Crippen molar-refractivity contribution in [2.45, 2.75) is 32.2 Å². The molecule has 0 spiro atoms. The van der Waals surface area contributed by atoms with Gasteiger partial charge < -0.3 is 14.0 Å². The quantitative estimate of drug-likeness (QED) is 0.531. The molecule has 1 atom stereocenters. The summed E-state index contributed by atoms with van der Waals surface area (Å²) in [5.41, 5.74) is 1.29. The van der Waals surface area contributed by atoms with E-state index in [0.717, 1.165) is 49.7 Å². The highest BCUT2D eigenvalue weighted by Gasteiger charge is 2.22. The Bertz CT molecular complexity index is 913. The number of aromatic nitrogens is 2. The number of likely N-dealkylation sites (tertiary alicyclic amines) is 1. The van der Waals surface area contributed by atoms with Crippen molar-refractivity contribution >= 4 is 0 Å². The maximum absolute atomic E-state index is 6.01. The Hall–Kier alpha value is -2.86. The molecule has 158 valence electrons. The van der Waals surface area contributed by atoms with Crippen LogP contribution in [0.3, 0.4) is 0 Å². The smallest absolute Gasteiger partial charge is 0.240 e. The van der Waals surface area contributed by atoms with Crippen LogP contribution in [0.2, 0.25) is 0 Å². The number of methoxy groups -OCH3 is 1. The van der Waals surface area contributed by atoms with Crippen LogP contribution < -0.4 is 9.47 Å². The molecule has 1 fully saturated rings. The zero-order valence-corrected chi connectivity index (χ0v) is 17.5. The van der Waals surface area contributed by atoms with Gasteiger partial charge in [-0.15, -0.1) is 0 Å². The molecule has 0 aliphatic carbocycles. The van der Waals surface area contributed by atoms with E-state index < -0.39 is 0 Å². The molecule has 2 heterocycles. The normalized spacial score (nSPS) is 17.0. The molecule has 0 N–H and O–H groups in total. The summed E-state index contributed by atoms with van der Waals surface area (Å²) >= 11 is 0. The summed E-state index contributed by atoms with van der Waals surface area (Å²) in [5, 5.41) is 4.16. The SMILES string of the molecule is COc1cccc(OCC2CCCN(Cc3nc(CCc4ccccc4)no3)C2)c1. The Kier molecular flexibility index (Phi) is 6.98. The summed E-state index contributed by atoms with van der Waals surface area (Å²) in [4.78, 5) is 6.98. The Labute approximate surface area is 177 Å². The zero-order valence-electron chi connectivity index (χ0n) is 17.5. The second-order valence-electron chi connectivity index (χ2n) is 7.82. The van der Waals surface area contributed by atoms with Crippen LogP contribution in [0.4, 0.5) is 0 Å². The fourth-order valence-corrected chi connectivity index (χ4v) is 3.88. The van der Waals surface area contributed by atoms with Gasteiger partial charge in [0.15, 0.2) is 5.82 Å². The molecule has 30 heavy (non-hydrogen) atoms. The van der Waals surface area contributed by atoms with Crippen molar-refractivity contribution in [1.82, 2.24) is 15.0 Å². The predicted molar refractivity (Wildman–Crippen MR) is 115 cm³/mol. The van der Waals surface area contributed by atoms with Gasteiger partial charge in [-0.2, -0.15) is 4.98 Å².